The maximum absolute atomic E-state index is 12.1. The highest BCUT2D eigenvalue weighted by molar-refractivity contribution is 5.99. The van der Waals surface area contributed by atoms with Crippen molar-refractivity contribution in [3.8, 4) is 0 Å². The molecule has 0 fully saturated rings. The Kier molecular flexibility index (Phi) is 6.28. The number of amides is 2. The molecule has 0 saturated heterocycles. The van der Waals surface area contributed by atoms with Crippen LogP contribution in [0.3, 0.4) is 0 Å². The van der Waals surface area contributed by atoms with Gasteiger partial charge in [-0.25, -0.2) is 4.79 Å². The molecular weight excluding hydrogens is 430 g/mol. The molecule has 0 saturated carbocycles. The number of nitrogens with zero attached hydrogens (tertiary/aromatic N) is 5. The minimum absolute atomic E-state index is 0.0151. The molecule has 0 unspecified atom stereocenters. The van der Waals surface area contributed by atoms with E-state index in [1.807, 2.05) is 0 Å². The van der Waals surface area contributed by atoms with Gasteiger partial charge in [0.05, 0.1) is 14.8 Å². The van der Waals surface area contributed by atoms with Crippen LogP contribution in [0.5, 0.6) is 0 Å². The average molecular weight is 444 g/mol. The summed E-state index contributed by atoms with van der Waals surface area (Å²) in [6.07, 6.45) is 1.89. The van der Waals surface area contributed by atoms with Crippen molar-refractivity contribution >= 4 is 34.7 Å². The Balaban J connectivity index is 1.57. The summed E-state index contributed by atoms with van der Waals surface area (Å²) in [7, 11) is 0. The molecule has 164 valence electrons. The number of aryl methyl sites for hydroxylation is 2. The van der Waals surface area contributed by atoms with Crippen molar-refractivity contribution in [2.75, 3.05) is 10.6 Å². The average Bonchev–Trinajstić information content (AvgIpc) is 3.19. The molecule has 1 heterocycles. The summed E-state index contributed by atoms with van der Waals surface area (Å²) in [5.41, 5.74) is -0.691. The van der Waals surface area contributed by atoms with Crippen molar-refractivity contribution in [3.63, 3.8) is 0 Å². The van der Waals surface area contributed by atoms with Gasteiger partial charge in [0.1, 0.15) is 0 Å². The van der Waals surface area contributed by atoms with Crippen LogP contribution >= 0.6 is 0 Å². The highest BCUT2D eigenvalue weighted by Gasteiger charge is 2.24. The van der Waals surface area contributed by atoms with E-state index in [2.05, 4.69) is 15.9 Å². The van der Waals surface area contributed by atoms with Crippen LogP contribution in [0.25, 0.3) is 0 Å². The molecule has 0 atom stereocenters. The van der Waals surface area contributed by atoms with E-state index in [1.165, 1.54) is 23.0 Å². The lowest BCUT2D eigenvalue weighted by molar-refractivity contribution is -0.761. The van der Waals surface area contributed by atoms with E-state index in [9.17, 15) is 35.1 Å². The number of carbonyl (C=O) groups is 1. The fraction of sp³-hybridized carbons (Fsp3) is 0.118. The van der Waals surface area contributed by atoms with Crippen LogP contribution in [-0.4, -0.2) is 26.1 Å². The lowest BCUT2D eigenvalue weighted by Gasteiger charge is -2.04. The molecule has 0 aliphatic heterocycles. The SMILES string of the molecule is O=C(Nc1ccc([N+](=O)[O-])c([N+](=O)[O-])c1)Nc1c[n+](CCc2ccc([N+](=O)[O-])cc2)no1. The highest BCUT2D eigenvalue weighted by Crippen LogP contribution is 2.29. The molecule has 15 nitrogen and oxygen atoms in total. The van der Waals surface area contributed by atoms with Crippen LogP contribution in [0.4, 0.5) is 33.4 Å². The van der Waals surface area contributed by atoms with Gasteiger partial charge in [-0.05, 0) is 11.6 Å². The van der Waals surface area contributed by atoms with Crippen LogP contribution in [0.2, 0.25) is 0 Å². The quantitative estimate of drug-likeness (QED) is 0.297. The molecular formula is C17H14N7O8+. The van der Waals surface area contributed by atoms with Crippen molar-refractivity contribution < 1.29 is 28.8 Å². The van der Waals surface area contributed by atoms with Crippen LogP contribution in [0.1, 0.15) is 5.56 Å². The van der Waals surface area contributed by atoms with Gasteiger partial charge in [0.2, 0.25) is 5.27 Å². The van der Waals surface area contributed by atoms with E-state index in [-0.39, 0.29) is 17.3 Å². The van der Waals surface area contributed by atoms with E-state index in [0.717, 1.165) is 23.8 Å². The van der Waals surface area contributed by atoms with Crippen molar-refractivity contribution in [1.82, 2.24) is 5.27 Å². The van der Waals surface area contributed by atoms with Gasteiger partial charge in [-0.1, -0.05) is 16.8 Å². The smallest absolute Gasteiger partial charge is 0.307 e. The van der Waals surface area contributed by atoms with Gasteiger partial charge >= 0.3 is 23.3 Å². The number of anilines is 2. The Labute approximate surface area is 177 Å². The normalized spacial score (nSPS) is 10.4. The number of aromatic nitrogens is 2. The third kappa shape index (κ3) is 5.35. The third-order valence-electron chi connectivity index (χ3n) is 4.15. The monoisotopic (exact) mass is 444 g/mol. The molecule has 0 aliphatic carbocycles. The first-order valence-electron chi connectivity index (χ1n) is 8.83. The number of carbonyl (C=O) groups excluding carboxylic acids is 1. The van der Waals surface area contributed by atoms with Gasteiger partial charge < -0.3 is 5.32 Å². The van der Waals surface area contributed by atoms with Gasteiger partial charge in [-0.3, -0.25) is 40.2 Å². The van der Waals surface area contributed by atoms with Crippen molar-refractivity contribution in [1.29, 1.82) is 0 Å². The highest BCUT2D eigenvalue weighted by atomic mass is 16.6. The molecule has 15 heteroatoms. The topological polar surface area (TPSA) is 200 Å². The summed E-state index contributed by atoms with van der Waals surface area (Å²) >= 11 is 0. The minimum Gasteiger partial charge on any atom is -0.307 e. The summed E-state index contributed by atoms with van der Waals surface area (Å²) in [4.78, 5) is 42.3. The van der Waals surface area contributed by atoms with Crippen molar-refractivity contribution in [2.24, 2.45) is 0 Å². The second kappa shape index (κ2) is 9.24. The van der Waals surface area contributed by atoms with Gasteiger partial charge in [-0.2, -0.15) is 0 Å². The number of rotatable bonds is 8. The van der Waals surface area contributed by atoms with Gasteiger partial charge in [0, 0.05) is 36.4 Å². The van der Waals surface area contributed by atoms with Crippen LogP contribution in [0.15, 0.2) is 53.2 Å². The Morgan fingerprint density at radius 1 is 0.938 bits per heavy atom. The zero-order chi connectivity index (χ0) is 23.3. The van der Waals surface area contributed by atoms with Gasteiger partial charge in [0.15, 0.2) is 6.54 Å². The van der Waals surface area contributed by atoms with Gasteiger partial charge in [0.25, 0.3) is 11.9 Å². The van der Waals surface area contributed by atoms with E-state index < -0.39 is 32.2 Å². The zero-order valence-corrected chi connectivity index (χ0v) is 16.0. The van der Waals surface area contributed by atoms with E-state index in [4.69, 9.17) is 4.52 Å². The first kappa shape index (κ1) is 21.8. The number of urea groups is 1. The van der Waals surface area contributed by atoms with E-state index >= 15 is 0 Å². The molecule has 2 N–H and O–H groups in total. The van der Waals surface area contributed by atoms with Crippen molar-refractivity contribution in [3.05, 3.63) is 84.6 Å². The summed E-state index contributed by atoms with van der Waals surface area (Å²) < 4.78 is 6.38. The molecule has 0 bridgehead atoms. The molecule has 0 radical (unpaired) electrons. The van der Waals surface area contributed by atoms with Crippen LogP contribution in [0, 0.1) is 30.3 Å². The number of hydrogen-bond acceptors (Lipinski definition) is 9. The third-order valence-corrected chi connectivity index (χ3v) is 4.15. The summed E-state index contributed by atoms with van der Waals surface area (Å²) in [6.45, 7) is 0.360. The van der Waals surface area contributed by atoms with Crippen LogP contribution < -0.4 is 15.3 Å². The number of non-ortho nitro benzene ring substituents is 1. The Bertz CT molecular complexity index is 1190. The summed E-state index contributed by atoms with van der Waals surface area (Å²) in [6, 6.07) is 8.13. The van der Waals surface area contributed by atoms with E-state index in [1.54, 1.807) is 12.1 Å². The lowest BCUT2D eigenvalue weighted by atomic mass is 10.1. The molecule has 3 rings (SSSR count). The number of nitro groups is 3. The predicted octanol–water partition coefficient (Wildman–Crippen LogP) is 2.57. The molecule has 0 spiro atoms. The second-order valence-corrected chi connectivity index (χ2v) is 6.30. The van der Waals surface area contributed by atoms with E-state index in [0.29, 0.717) is 13.0 Å². The first-order chi connectivity index (χ1) is 15.2. The Morgan fingerprint density at radius 3 is 2.25 bits per heavy atom. The molecule has 3 aromatic rings. The molecule has 0 aliphatic rings. The predicted molar refractivity (Wildman–Crippen MR) is 106 cm³/mol. The molecule has 2 amide bonds. The molecule has 32 heavy (non-hydrogen) atoms. The summed E-state index contributed by atoms with van der Waals surface area (Å²) in [5, 5.41) is 40.9. The lowest BCUT2D eigenvalue weighted by Crippen LogP contribution is -2.35. The fourth-order valence-corrected chi connectivity index (χ4v) is 2.64. The standard InChI is InChI=1S/C17H13N7O8/c25-17(18-12-3-6-14(23(28)29)15(9-12)24(30)31)19-16-10-21(20-32-16)8-7-11-1-4-13(5-2-11)22(26)27/h1-6,9-10H,7-8H2,(H-,18,19,20,25)/p+1. The van der Waals surface area contributed by atoms with Crippen molar-refractivity contribution in [2.45, 2.75) is 13.0 Å². The Hall–Kier alpha value is -4.95. The number of nitrogens with one attached hydrogen (secondary N) is 2. The number of hydrogen-bond donors (Lipinski definition) is 2. The second-order valence-electron chi connectivity index (χ2n) is 6.30. The zero-order valence-electron chi connectivity index (χ0n) is 16.0. The maximum Gasteiger partial charge on any atom is 0.348 e. The number of benzene rings is 2. The Morgan fingerprint density at radius 2 is 1.62 bits per heavy atom. The summed E-state index contributed by atoms with van der Waals surface area (Å²) in [5.74, 6) is -0.0254. The number of nitro benzene ring substituents is 3. The maximum atomic E-state index is 12.1. The minimum atomic E-state index is -0.925. The van der Waals surface area contributed by atoms with Crippen LogP contribution in [-0.2, 0) is 13.0 Å². The fourth-order valence-electron chi connectivity index (χ4n) is 2.64. The molecule has 1 aromatic heterocycles. The largest absolute Gasteiger partial charge is 0.348 e. The first-order valence-corrected chi connectivity index (χ1v) is 8.83. The molecule has 2 aromatic carbocycles. The van der Waals surface area contributed by atoms with Gasteiger partial charge in [-0.15, -0.1) is 0 Å².